The summed E-state index contributed by atoms with van der Waals surface area (Å²) in [7, 11) is 0. The number of benzene rings is 1. The highest BCUT2D eigenvalue weighted by Crippen LogP contribution is 2.22. The third-order valence-corrected chi connectivity index (χ3v) is 4.53. The van der Waals surface area contributed by atoms with Crippen LogP contribution < -0.4 is 0 Å². The molecule has 0 N–H and O–H groups in total. The van der Waals surface area contributed by atoms with Crippen molar-refractivity contribution >= 4 is 18.0 Å². The number of carbonyl (C=O) groups excluding carboxylic acids is 1. The van der Waals surface area contributed by atoms with E-state index in [0.717, 1.165) is 43.8 Å². The van der Waals surface area contributed by atoms with E-state index in [1.807, 2.05) is 17.0 Å². The maximum Gasteiger partial charge on any atom is 0.209 e. The molecule has 2 nitrogen and oxygen atoms in total. The van der Waals surface area contributed by atoms with Crippen LogP contribution in [0.3, 0.4) is 0 Å². The van der Waals surface area contributed by atoms with Crippen molar-refractivity contribution in [1.82, 2.24) is 4.90 Å². The summed E-state index contributed by atoms with van der Waals surface area (Å²) in [6, 6.07) is 8.06. The monoisotopic (exact) mass is 309 g/mol. The lowest BCUT2D eigenvalue weighted by Gasteiger charge is -2.20. The molecule has 118 valence electrons. The third kappa shape index (κ3) is 6.99. The van der Waals surface area contributed by atoms with E-state index < -0.39 is 0 Å². The second kappa shape index (κ2) is 9.83. The van der Waals surface area contributed by atoms with Crippen molar-refractivity contribution < 1.29 is 4.79 Å². The van der Waals surface area contributed by atoms with Gasteiger partial charge in [-0.25, -0.2) is 0 Å². The standard InChI is InChI=1S/C18H28ClNO/c1-4-15(2)11-13-20(14-21)12-5-6-16(3)17-7-9-18(19)10-8-17/h7-10,14-16H,4-6,11-13H2,1-3H3. The predicted molar refractivity (Wildman–Crippen MR) is 90.8 cm³/mol. The van der Waals surface area contributed by atoms with Gasteiger partial charge in [0.15, 0.2) is 0 Å². The number of nitrogens with zero attached hydrogens (tertiary/aromatic N) is 1. The molecule has 0 spiro atoms. The largest absolute Gasteiger partial charge is 0.345 e. The summed E-state index contributed by atoms with van der Waals surface area (Å²) in [5.41, 5.74) is 1.32. The quantitative estimate of drug-likeness (QED) is 0.549. The van der Waals surface area contributed by atoms with E-state index in [9.17, 15) is 4.79 Å². The number of hydrogen-bond donors (Lipinski definition) is 0. The Morgan fingerprint density at radius 1 is 1.14 bits per heavy atom. The highest BCUT2D eigenvalue weighted by atomic mass is 35.5. The molecule has 3 heteroatoms. The first kappa shape index (κ1) is 18.0. The van der Waals surface area contributed by atoms with Gasteiger partial charge in [-0.15, -0.1) is 0 Å². The summed E-state index contributed by atoms with van der Waals surface area (Å²) in [5, 5.41) is 0.781. The van der Waals surface area contributed by atoms with Crippen molar-refractivity contribution in [3.63, 3.8) is 0 Å². The molecule has 0 radical (unpaired) electrons. The zero-order chi connectivity index (χ0) is 15.7. The van der Waals surface area contributed by atoms with Gasteiger partial charge in [-0.05, 0) is 48.8 Å². The number of halogens is 1. The van der Waals surface area contributed by atoms with Crippen molar-refractivity contribution in [1.29, 1.82) is 0 Å². The molecule has 0 aliphatic rings. The number of hydrogen-bond acceptors (Lipinski definition) is 1. The van der Waals surface area contributed by atoms with E-state index in [-0.39, 0.29) is 0 Å². The summed E-state index contributed by atoms with van der Waals surface area (Å²) in [4.78, 5) is 13.0. The molecule has 0 saturated heterocycles. The smallest absolute Gasteiger partial charge is 0.209 e. The average molecular weight is 310 g/mol. The Morgan fingerprint density at radius 3 is 2.38 bits per heavy atom. The van der Waals surface area contributed by atoms with Gasteiger partial charge >= 0.3 is 0 Å². The Bertz CT molecular complexity index is 404. The van der Waals surface area contributed by atoms with Gasteiger partial charge in [-0.2, -0.15) is 0 Å². The average Bonchev–Trinajstić information content (AvgIpc) is 2.50. The molecule has 0 fully saturated rings. The Labute approximate surface area is 134 Å². The lowest BCUT2D eigenvalue weighted by molar-refractivity contribution is -0.118. The molecule has 21 heavy (non-hydrogen) atoms. The maximum absolute atomic E-state index is 11.1. The number of rotatable bonds is 10. The zero-order valence-electron chi connectivity index (χ0n) is 13.5. The second-order valence-electron chi connectivity index (χ2n) is 6.04. The maximum atomic E-state index is 11.1. The molecule has 1 amide bonds. The van der Waals surface area contributed by atoms with E-state index in [1.165, 1.54) is 12.0 Å². The normalized spacial score (nSPS) is 13.7. The first-order valence-electron chi connectivity index (χ1n) is 8.01. The van der Waals surface area contributed by atoms with Crippen LogP contribution in [0.4, 0.5) is 0 Å². The van der Waals surface area contributed by atoms with E-state index in [2.05, 4.69) is 32.9 Å². The predicted octanol–water partition coefficient (Wildman–Crippen LogP) is 5.12. The molecule has 1 aromatic rings. The fourth-order valence-corrected chi connectivity index (χ4v) is 2.49. The number of carbonyl (C=O) groups is 1. The first-order valence-corrected chi connectivity index (χ1v) is 8.39. The highest BCUT2D eigenvalue weighted by Gasteiger charge is 2.08. The summed E-state index contributed by atoms with van der Waals surface area (Å²) in [5.74, 6) is 1.20. The van der Waals surface area contributed by atoms with Gasteiger partial charge in [-0.3, -0.25) is 4.79 Å². The summed E-state index contributed by atoms with van der Waals surface area (Å²) in [6.07, 6.45) is 5.41. The van der Waals surface area contributed by atoms with Crippen LogP contribution in [-0.4, -0.2) is 24.4 Å². The van der Waals surface area contributed by atoms with Gasteiger partial charge in [0.1, 0.15) is 0 Å². The van der Waals surface area contributed by atoms with E-state index in [1.54, 1.807) is 0 Å². The molecule has 0 aliphatic carbocycles. The molecule has 2 atom stereocenters. The topological polar surface area (TPSA) is 20.3 Å². The molecule has 0 aromatic heterocycles. The summed E-state index contributed by atoms with van der Waals surface area (Å²) >= 11 is 5.91. The van der Waals surface area contributed by atoms with Crippen LogP contribution in [0.2, 0.25) is 5.02 Å². The molecule has 0 bridgehead atoms. The molecule has 1 rings (SSSR count). The van der Waals surface area contributed by atoms with Gasteiger partial charge in [0.05, 0.1) is 0 Å². The molecular weight excluding hydrogens is 282 g/mol. The van der Waals surface area contributed by atoms with Crippen molar-refractivity contribution in [3.05, 3.63) is 34.9 Å². The lowest BCUT2D eigenvalue weighted by atomic mass is 9.96. The molecular formula is C18H28ClNO. The van der Waals surface area contributed by atoms with E-state index in [4.69, 9.17) is 11.6 Å². The molecule has 2 unspecified atom stereocenters. The second-order valence-corrected chi connectivity index (χ2v) is 6.47. The molecule has 0 aliphatic heterocycles. The van der Waals surface area contributed by atoms with Crippen LogP contribution in [0.25, 0.3) is 0 Å². The Balaban J connectivity index is 2.30. The van der Waals surface area contributed by atoms with Crippen molar-refractivity contribution in [2.24, 2.45) is 5.92 Å². The van der Waals surface area contributed by atoms with Crippen molar-refractivity contribution in [2.45, 2.75) is 52.4 Å². The summed E-state index contributed by atoms with van der Waals surface area (Å²) in [6.45, 7) is 8.41. The minimum Gasteiger partial charge on any atom is -0.345 e. The molecule has 0 heterocycles. The minimum atomic E-state index is 0.505. The van der Waals surface area contributed by atoms with Gasteiger partial charge in [0, 0.05) is 18.1 Å². The van der Waals surface area contributed by atoms with Crippen LogP contribution in [-0.2, 0) is 4.79 Å². The molecule has 0 saturated carbocycles. The summed E-state index contributed by atoms with van der Waals surface area (Å²) < 4.78 is 0. The van der Waals surface area contributed by atoms with E-state index in [0.29, 0.717) is 11.8 Å². The number of amides is 1. The minimum absolute atomic E-state index is 0.505. The fourth-order valence-electron chi connectivity index (χ4n) is 2.37. The Morgan fingerprint density at radius 2 is 1.81 bits per heavy atom. The van der Waals surface area contributed by atoms with Crippen LogP contribution in [0, 0.1) is 5.92 Å². The molecule has 1 aromatic carbocycles. The van der Waals surface area contributed by atoms with Gasteiger partial charge < -0.3 is 4.90 Å². The first-order chi connectivity index (χ1) is 10.1. The van der Waals surface area contributed by atoms with Crippen molar-refractivity contribution in [3.8, 4) is 0 Å². The van der Waals surface area contributed by atoms with Gasteiger partial charge in [0.25, 0.3) is 0 Å². The SMILES string of the molecule is CCC(C)CCN(C=O)CCCC(C)c1ccc(Cl)cc1. The lowest BCUT2D eigenvalue weighted by Crippen LogP contribution is -2.25. The Kier molecular flexibility index (Phi) is 8.44. The van der Waals surface area contributed by atoms with Crippen LogP contribution >= 0.6 is 11.6 Å². The highest BCUT2D eigenvalue weighted by molar-refractivity contribution is 6.30. The fraction of sp³-hybridized carbons (Fsp3) is 0.611. The van der Waals surface area contributed by atoms with E-state index >= 15 is 0 Å². The van der Waals surface area contributed by atoms with Gasteiger partial charge in [-0.1, -0.05) is 50.9 Å². The zero-order valence-corrected chi connectivity index (χ0v) is 14.3. The van der Waals surface area contributed by atoms with Crippen LogP contribution in [0.15, 0.2) is 24.3 Å². The van der Waals surface area contributed by atoms with Crippen molar-refractivity contribution in [2.75, 3.05) is 13.1 Å². The van der Waals surface area contributed by atoms with Gasteiger partial charge in [0.2, 0.25) is 6.41 Å². The Hall–Kier alpha value is -1.02. The third-order valence-electron chi connectivity index (χ3n) is 4.28. The van der Waals surface area contributed by atoms with Crippen LogP contribution in [0.1, 0.15) is 57.9 Å². The van der Waals surface area contributed by atoms with Crippen LogP contribution in [0.5, 0.6) is 0 Å².